The van der Waals surface area contributed by atoms with E-state index in [2.05, 4.69) is 10.3 Å². The fraction of sp³-hybridized carbons (Fsp3) is 0.500. The summed E-state index contributed by atoms with van der Waals surface area (Å²) < 4.78 is 23.8. The molecule has 0 aliphatic carbocycles. The van der Waals surface area contributed by atoms with Crippen LogP contribution in [0, 0.1) is 5.92 Å². The maximum absolute atomic E-state index is 13.1. The monoisotopic (exact) mass is 460 g/mol. The summed E-state index contributed by atoms with van der Waals surface area (Å²) in [6, 6.07) is 5.94. The molecule has 3 heterocycles. The molecule has 0 radical (unpaired) electrons. The molecule has 0 spiro atoms. The average Bonchev–Trinajstić information content (AvgIpc) is 3.38. The third kappa shape index (κ3) is 4.50. The molecule has 1 aromatic carbocycles. The largest absolute Gasteiger partial charge is 0.361 e. The van der Waals surface area contributed by atoms with Crippen LogP contribution in [0.2, 0.25) is 0 Å². The molecule has 9 nitrogen and oxygen atoms in total. The van der Waals surface area contributed by atoms with Crippen molar-refractivity contribution in [2.75, 3.05) is 24.6 Å². The summed E-state index contributed by atoms with van der Waals surface area (Å²) in [5.41, 5.74) is 1.85. The van der Waals surface area contributed by atoms with Crippen LogP contribution in [0.1, 0.15) is 25.8 Å². The van der Waals surface area contributed by atoms with Gasteiger partial charge in [0.25, 0.3) is 5.91 Å². The number of aromatic amines is 1. The van der Waals surface area contributed by atoms with Crippen LogP contribution in [-0.2, 0) is 25.8 Å². The van der Waals surface area contributed by atoms with Crippen LogP contribution in [0.3, 0.4) is 0 Å². The molecule has 2 aliphatic heterocycles. The molecule has 10 heteroatoms. The van der Waals surface area contributed by atoms with Crippen molar-refractivity contribution >= 4 is 38.6 Å². The maximum atomic E-state index is 13.1. The Labute approximate surface area is 187 Å². The van der Waals surface area contributed by atoms with E-state index in [0.29, 0.717) is 19.4 Å². The number of carbonyl (C=O) groups excluding carboxylic acids is 3. The summed E-state index contributed by atoms with van der Waals surface area (Å²) in [7, 11) is -3.17. The molecule has 0 bridgehead atoms. The number of para-hydroxylation sites is 1. The number of benzene rings is 1. The number of rotatable bonds is 7. The number of carbonyl (C=O) groups is 3. The second kappa shape index (κ2) is 8.57. The van der Waals surface area contributed by atoms with Gasteiger partial charge in [-0.15, -0.1) is 0 Å². The van der Waals surface area contributed by atoms with Gasteiger partial charge in [-0.1, -0.05) is 32.0 Å². The van der Waals surface area contributed by atoms with Crippen LogP contribution in [0.25, 0.3) is 10.9 Å². The lowest BCUT2D eigenvalue weighted by atomic mass is 10.1. The molecular weight excluding hydrogens is 432 g/mol. The molecule has 2 aliphatic rings. The first-order chi connectivity index (χ1) is 15.1. The van der Waals surface area contributed by atoms with Gasteiger partial charge in [-0.3, -0.25) is 14.5 Å². The lowest BCUT2D eigenvalue weighted by Gasteiger charge is -2.31. The van der Waals surface area contributed by atoms with Crippen LogP contribution < -0.4 is 5.32 Å². The highest BCUT2D eigenvalue weighted by Crippen LogP contribution is 2.23. The topological polar surface area (TPSA) is 120 Å². The summed E-state index contributed by atoms with van der Waals surface area (Å²) in [6.45, 7) is 3.86. The van der Waals surface area contributed by atoms with Gasteiger partial charge in [-0.25, -0.2) is 13.2 Å². The van der Waals surface area contributed by atoms with E-state index in [1.165, 1.54) is 4.90 Å². The van der Waals surface area contributed by atoms with Gasteiger partial charge in [0.05, 0.1) is 11.5 Å². The molecule has 2 atom stereocenters. The first kappa shape index (κ1) is 22.3. The number of fused-ring (bicyclic) bond motifs is 1. The zero-order chi connectivity index (χ0) is 23.0. The molecule has 4 amide bonds. The highest BCUT2D eigenvalue weighted by molar-refractivity contribution is 7.91. The van der Waals surface area contributed by atoms with Crippen molar-refractivity contribution in [2.24, 2.45) is 5.92 Å². The normalized spacial score (nSPS) is 22.7. The van der Waals surface area contributed by atoms with Crippen LogP contribution in [0.5, 0.6) is 0 Å². The zero-order valence-electron chi connectivity index (χ0n) is 18.2. The Bertz CT molecular complexity index is 1160. The van der Waals surface area contributed by atoms with Gasteiger partial charge in [0, 0.05) is 36.1 Å². The molecule has 2 fully saturated rings. The van der Waals surface area contributed by atoms with E-state index in [1.807, 2.05) is 44.3 Å². The molecule has 172 valence electrons. The molecule has 1 aromatic heterocycles. The van der Waals surface area contributed by atoms with Crippen molar-refractivity contribution in [3.05, 3.63) is 36.0 Å². The molecule has 0 unspecified atom stereocenters. The molecular formula is C22H28N4O5S. The minimum absolute atomic E-state index is 0.0510. The number of nitrogens with zero attached hydrogens (tertiary/aromatic N) is 2. The lowest BCUT2D eigenvalue weighted by Crippen LogP contribution is -2.49. The van der Waals surface area contributed by atoms with Crippen LogP contribution >= 0.6 is 0 Å². The maximum Gasteiger partial charge on any atom is 0.325 e. The highest BCUT2D eigenvalue weighted by Gasteiger charge is 2.41. The summed E-state index contributed by atoms with van der Waals surface area (Å²) in [6.07, 6.45) is 2.52. The predicted octanol–water partition coefficient (Wildman–Crippen LogP) is 1.30. The van der Waals surface area contributed by atoms with Crippen LogP contribution in [0.4, 0.5) is 4.79 Å². The Morgan fingerprint density at radius 3 is 2.69 bits per heavy atom. The van der Waals surface area contributed by atoms with Crippen molar-refractivity contribution in [2.45, 2.75) is 38.8 Å². The number of hydrogen-bond acceptors (Lipinski definition) is 5. The van der Waals surface area contributed by atoms with E-state index in [4.69, 9.17) is 0 Å². The van der Waals surface area contributed by atoms with Crippen LogP contribution in [-0.4, -0.2) is 77.7 Å². The molecule has 2 saturated heterocycles. The Morgan fingerprint density at radius 2 is 2.00 bits per heavy atom. The fourth-order valence-electron chi connectivity index (χ4n) is 4.48. The second-order valence-electron chi connectivity index (χ2n) is 8.99. The number of nitrogens with one attached hydrogen (secondary N) is 2. The van der Waals surface area contributed by atoms with Crippen molar-refractivity contribution in [1.82, 2.24) is 20.1 Å². The number of urea groups is 1. The Hall–Kier alpha value is -2.88. The molecule has 0 saturated carbocycles. The predicted molar refractivity (Wildman–Crippen MR) is 120 cm³/mol. The minimum Gasteiger partial charge on any atom is -0.361 e. The standard InChI is InChI=1S/C22H28N4O5S/c1-14(2)11-25(16-7-8-32(30,31)13-16)20(27)12-26-21(28)19(24-22(26)29)9-15-10-23-18-6-4-3-5-17(15)18/h3-6,10,14,16,19,23H,7-9,11-13H2,1-2H3,(H,24,29)/t16-,19+/m1/s1. The minimum atomic E-state index is -3.17. The molecule has 32 heavy (non-hydrogen) atoms. The first-order valence-corrected chi connectivity index (χ1v) is 12.6. The van der Waals surface area contributed by atoms with Crippen molar-refractivity contribution in [3.63, 3.8) is 0 Å². The van der Waals surface area contributed by atoms with E-state index in [-0.39, 0.29) is 17.4 Å². The average molecular weight is 461 g/mol. The fourth-order valence-corrected chi connectivity index (χ4v) is 6.21. The lowest BCUT2D eigenvalue weighted by molar-refractivity contribution is -0.139. The number of H-pyrrole nitrogens is 1. The van der Waals surface area contributed by atoms with Gasteiger partial charge in [-0.05, 0) is 24.0 Å². The van der Waals surface area contributed by atoms with Crippen molar-refractivity contribution < 1.29 is 22.8 Å². The Balaban J connectivity index is 1.46. The van der Waals surface area contributed by atoms with Gasteiger partial charge in [0.15, 0.2) is 9.84 Å². The van der Waals surface area contributed by atoms with E-state index in [0.717, 1.165) is 21.4 Å². The zero-order valence-corrected chi connectivity index (χ0v) is 19.0. The number of imide groups is 1. The molecule has 4 rings (SSSR count). The van der Waals surface area contributed by atoms with E-state index in [9.17, 15) is 22.8 Å². The van der Waals surface area contributed by atoms with Gasteiger partial charge in [-0.2, -0.15) is 0 Å². The molecule has 2 N–H and O–H groups in total. The summed E-state index contributed by atoms with van der Waals surface area (Å²) in [5, 5.41) is 3.66. The van der Waals surface area contributed by atoms with Crippen LogP contribution in [0.15, 0.2) is 30.5 Å². The van der Waals surface area contributed by atoms with E-state index < -0.39 is 46.3 Å². The third-order valence-electron chi connectivity index (χ3n) is 6.03. The number of hydrogen-bond donors (Lipinski definition) is 2. The Morgan fingerprint density at radius 1 is 1.25 bits per heavy atom. The third-order valence-corrected chi connectivity index (χ3v) is 7.78. The smallest absolute Gasteiger partial charge is 0.325 e. The summed E-state index contributed by atoms with van der Waals surface area (Å²) in [4.78, 5) is 44.2. The molecule has 2 aromatic rings. The van der Waals surface area contributed by atoms with Crippen molar-refractivity contribution in [1.29, 1.82) is 0 Å². The number of amides is 4. The number of sulfone groups is 1. The van der Waals surface area contributed by atoms with Crippen molar-refractivity contribution in [3.8, 4) is 0 Å². The van der Waals surface area contributed by atoms with E-state index >= 15 is 0 Å². The van der Waals surface area contributed by atoms with Gasteiger partial charge in [0.1, 0.15) is 12.6 Å². The quantitative estimate of drug-likeness (QED) is 0.604. The highest BCUT2D eigenvalue weighted by atomic mass is 32.2. The number of aromatic nitrogens is 1. The second-order valence-corrected chi connectivity index (χ2v) is 11.2. The first-order valence-electron chi connectivity index (χ1n) is 10.8. The van der Waals surface area contributed by atoms with E-state index in [1.54, 1.807) is 0 Å². The SMILES string of the molecule is CC(C)CN(C(=O)CN1C(=O)N[C@@H](Cc2c[nH]c3ccccc23)C1=O)[C@@H]1CCS(=O)(=O)C1. The van der Waals surface area contributed by atoms with Gasteiger partial charge < -0.3 is 15.2 Å². The summed E-state index contributed by atoms with van der Waals surface area (Å²) >= 11 is 0. The Kier molecular flexibility index (Phi) is 5.98. The van der Waals surface area contributed by atoms with Gasteiger partial charge in [0.2, 0.25) is 5.91 Å². The summed E-state index contributed by atoms with van der Waals surface area (Å²) in [5.74, 6) is -0.751. The van der Waals surface area contributed by atoms with Gasteiger partial charge >= 0.3 is 6.03 Å².